The number of hydrogen-bond acceptors (Lipinski definition) is 4. The second-order valence-electron chi connectivity index (χ2n) is 8.46. The molecule has 9 heteroatoms. The van der Waals surface area contributed by atoms with Gasteiger partial charge in [-0.15, -0.1) is 0 Å². The molecular formula is C24H31ClFN3O3S. The largest absolute Gasteiger partial charge is 0.350 e. The van der Waals surface area contributed by atoms with Gasteiger partial charge in [0.25, 0.3) is 0 Å². The summed E-state index contributed by atoms with van der Waals surface area (Å²) in [6, 6.07) is 10.7. The fourth-order valence-corrected chi connectivity index (χ4v) is 5.58. The number of nitrogens with zero attached hydrogens (tertiary/aromatic N) is 2. The van der Waals surface area contributed by atoms with Crippen molar-refractivity contribution in [3.05, 3.63) is 64.4 Å². The molecule has 1 N–H and O–H groups in total. The summed E-state index contributed by atoms with van der Waals surface area (Å²) in [7, 11) is -3.82. The Kier molecular flexibility index (Phi) is 8.73. The molecule has 0 aliphatic carbocycles. The number of rotatable bonds is 9. The molecule has 2 aromatic rings. The summed E-state index contributed by atoms with van der Waals surface area (Å²) in [6.07, 6.45) is 5.00. The molecular weight excluding hydrogens is 465 g/mol. The number of sulfonamides is 1. The van der Waals surface area contributed by atoms with Gasteiger partial charge in [-0.3, -0.25) is 14.0 Å². The lowest BCUT2D eigenvalue weighted by Crippen LogP contribution is -2.49. The quantitative estimate of drug-likeness (QED) is 0.562. The second-order valence-corrected chi connectivity index (χ2v) is 10.7. The minimum absolute atomic E-state index is 0.148. The smallest absolute Gasteiger partial charge is 0.244 e. The lowest BCUT2D eigenvalue weighted by Gasteiger charge is -2.30. The molecule has 1 aliphatic heterocycles. The molecule has 1 fully saturated rings. The Labute approximate surface area is 200 Å². The minimum Gasteiger partial charge on any atom is -0.350 e. The van der Waals surface area contributed by atoms with Crippen molar-refractivity contribution in [1.29, 1.82) is 0 Å². The third-order valence-electron chi connectivity index (χ3n) is 5.80. The number of piperidine rings is 1. The number of carbonyl (C=O) groups excluding carboxylic acids is 1. The molecule has 3 rings (SSSR count). The summed E-state index contributed by atoms with van der Waals surface area (Å²) in [5.74, 6) is -1.08. The van der Waals surface area contributed by atoms with Gasteiger partial charge in [0.05, 0.1) is 17.0 Å². The van der Waals surface area contributed by atoms with Crippen LogP contribution in [0.25, 0.3) is 0 Å². The first-order valence-corrected chi connectivity index (χ1v) is 13.4. The van der Waals surface area contributed by atoms with E-state index in [-0.39, 0.29) is 23.7 Å². The summed E-state index contributed by atoms with van der Waals surface area (Å²) < 4.78 is 39.7. The van der Waals surface area contributed by atoms with E-state index in [2.05, 4.69) is 22.3 Å². The van der Waals surface area contributed by atoms with Gasteiger partial charge in [-0.1, -0.05) is 49.2 Å². The van der Waals surface area contributed by atoms with Crippen molar-refractivity contribution in [2.45, 2.75) is 51.7 Å². The highest BCUT2D eigenvalue weighted by atomic mass is 35.5. The molecule has 1 saturated heterocycles. The number of carbonyl (C=O) groups is 1. The van der Waals surface area contributed by atoms with Crippen molar-refractivity contribution in [3.63, 3.8) is 0 Å². The number of nitrogens with one attached hydrogen (secondary N) is 1. The second kappa shape index (κ2) is 11.3. The van der Waals surface area contributed by atoms with E-state index < -0.39 is 27.8 Å². The van der Waals surface area contributed by atoms with Crippen LogP contribution in [-0.2, 0) is 27.9 Å². The number of anilines is 1. The summed E-state index contributed by atoms with van der Waals surface area (Å²) in [5.41, 5.74) is 2.28. The number of benzene rings is 2. The molecule has 2 aromatic carbocycles. The topological polar surface area (TPSA) is 69.7 Å². The normalized spacial score (nSPS) is 15.8. The maximum absolute atomic E-state index is 13.6. The molecule has 1 amide bonds. The Morgan fingerprint density at radius 3 is 2.48 bits per heavy atom. The Hall–Kier alpha value is -2.16. The maximum Gasteiger partial charge on any atom is 0.244 e. The van der Waals surface area contributed by atoms with E-state index in [1.54, 1.807) is 6.92 Å². The Balaban J connectivity index is 1.71. The lowest BCUT2D eigenvalue weighted by atomic mass is 10.1. The first-order valence-electron chi connectivity index (χ1n) is 11.2. The molecule has 33 heavy (non-hydrogen) atoms. The molecule has 0 spiro atoms. The van der Waals surface area contributed by atoms with Gasteiger partial charge in [-0.2, -0.15) is 0 Å². The molecule has 1 atom stereocenters. The molecule has 0 bridgehead atoms. The van der Waals surface area contributed by atoms with E-state index in [4.69, 9.17) is 11.6 Å². The van der Waals surface area contributed by atoms with E-state index in [9.17, 15) is 17.6 Å². The van der Waals surface area contributed by atoms with Crippen LogP contribution in [0, 0.1) is 5.82 Å². The average molecular weight is 496 g/mol. The van der Waals surface area contributed by atoms with Crippen molar-refractivity contribution >= 4 is 33.2 Å². The van der Waals surface area contributed by atoms with Gasteiger partial charge in [0, 0.05) is 13.1 Å². The predicted molar refractivity (Wildman–Crippen MR) is 130 cm³/mol. The third kappa shape index (κ3) is 6.91. The van der Waals surface area contributed by atoms with Gasteiger partial charge < -0.3 is 5.32 Å². The molecule has 0 saturated carbocycles. The molecule has 0 unspecified atom stereocenters. The fourth-order valence-electron chi connectivity index (χ4n) is 4.20. The molecule has 0 aromatic heterocycles. The number of hydrogen-bond donors (Lipinski definition) is 1. The summed E-state index contributed by atoms with van der Waals surface area (Å²) in [6.45, 7) is 5.10. The highest BCUT2D eigenvalue weighted by molar-refractivity contribution is 7.92. The number of amides is 1. The summed E-state index contributed by atoms with van der Waals surface area (Å²) in [4.78, 5) is 15.5. The Bertz CT molecular complexity index is 1070. The van der Waals surface area contributed by atoms with E-state index in [1.165, 1.54) is 37.0 Å². The van der Waals surface area contributed by atoms with E-state index >= 15 is 0 Å². The van der Waals surface area contributed by atoms with Crippen molar-refractivity contribution in [1.82, 2.24) is 10.2 Å². The highest BCUT2D eigenvalue weighted by Crippen LogP contribution is 2.27. The zero-order chi connectivity index (χ0) is 24.0. The summed E-state index contributed by atoms with van der Waals surface area (Å²) >= 11 is 5.86. The fraction of sp³-hybridized carbons (Fsp3) is 0.458. The highest BCUT2D eigenvalue weighted by Gasteiger charge is 2.31. The first-order chi connectivity index (χ1) is 15.7. The SMILES string of the molecule is CC[C@H](C(=O)NCc1cccc(CN2CCCCC2)c1)N(c1ccc(F)c(Cl)c1)S(C)(=O)=O. The van der Waals surface area contributed by atoms with Crippen LogP contribution < -0.4 is 9.62 Å². The van der Waals surface area contributed by atoms with Gasteiger partial charge in [0.1, 0.15) is 11.9 Å². The average Bonchev–Trinajstić information content (AvgIpc) is 2.78. The van der Waals surface area contributed by atoms with Crippen LogP contribution >= 0.6 is 11.6 Å². The molecule has 1 aliphatic rings. The van der Waals surface area contributed by atoms with E-state index in [1.807, 2.05) is 12.1 Å². The van der Waals surface area contributed by atoms with Crippen LogP contribution in [0.5, 0.6) is 0 Å². The number of likely N-dealkylation sites (tertiary alicyclic amines) is 1. The van der Waals surface area contributed by atoms with Crippen LogP contribution in [-0.4, -0.2) is 44.6 Å². The first kappa shape index (κ1) is 25.5. The zero-order valence-electron chi connectivity index (χ0n) is 19.1. The van der Waals surface area contributed by atoms with E-state index in [0.717, 1.165) is 41.8 Å². The Morgan fingerprint density at radius 1 is 1.15 bits per heavy atom. The molecule has 180 valence electrons. The van der Waals surface area contributed by atoms with E-state index in [0.29, 0.717) is 0 Å². The summed E-state index contributed by atoms with van der Waals surface area (Å²) in [5, 5.41) is 2.66. The standard InChI is InChI=1S/C24H31ClFN3O3S/c1-3-23(29(33(2,31)32)20-10-11-22(26)21(25)15-20)24(30)27-16-18-8-7-9-19(14-18)17-28-12-5-4-6-13-28/h7-11,14-15,23H,3-6,12-13,16-17H2,1-2H3,(H,27,30)/t23-/m1/s1. The zero-order valence-corrected chi connectivity index (χ0v) is 20.6. The van der Waals surface area contributed by atoms with Gasteiger partial charge in [0.2, 0.25) is 15.9 Å². The molecule has 6 nitrogen and oxygen atoms in total. The van der Waals surface area contributed by atoms with Crippen LogP contribution in [0.1, 0.15) is 43.7 Å². The van der Waals surface area contributed by atoms with Gasteiger partial charge in [-0.05, 0) is 61.7 Å². The maximum atomic E-state index is 13.6. The van der Waals surface area contributed by atoms with Crippen LogP contribution in [0.3, 0.4) is 0 Å². The molecule has 0 radical (unpaired) electrons. The van der Waals surface area contributed by atoms with Gasteiger partial charge in [0.15, 0.2) is 0 Å². The lowest BCUT2D eigenvalue weighted by molar-refractivity contribution is -0.122. The Morgan fingerprint density at radius 2 is 1.85 bits per heavy atom. The van der Waals surface area contributed by atoms with Crippen LogP contribution in [0.2, 0.25) is 5.02 Å². The van der Waals surface area contributed by atoms with Crippen molar-refractivity contribution < 1.29 is 17.6 Å². The van der Waals surface area contributed by atoms with Gasteiger partial charge >= 0.3 is 0 Å². The van der Waals surface area contributed by atoms with Crippen molar-refractivity contribution in [3.8, 4) is 0 Å². The van der Waals surface area contributed by atoms with Crippen molar-refractivity contribution in [2.24, 2.45) is 0 Å². The monoisotopic (exact) mass is 495 g/mol. The predicted octanol–water partition coefficient (Wildman–Crippen LogP) is 4.33. The third-order valence-corrected chi connectivity index (χ3v) is 7.27. The van der Waals surface area contributed by atoms with Crippen LogP contribution in [0.4, 0.5) is 10.1 Å². The minimum atomic E-state index is -3.82. The molecule has 1 heterocycles. The van der Waals surface area contributed by atoms with Crippen LogP contribution in [0.15, 0.2) is 42.5 Å². The van der Waals surface area contributed by atoms with Crippen molar-refractivity contribution in [2.75, 3.05) is 23.7 Å². The van der Waals surface area contributed by atoms with Gasteiger partial charge in [-0.25, -0.2) is 12.8 Å². The number of halogens is 2.